The van der Waals surface area contributed by atoms with E-state index in [-0.39, 0.29) is 35.2 Å². The lowest BCUT2D eigenvalue weighted by Crippen LogP contribution is -2.55. The first kappa shape index (κ1) is 25.0. The predicted molar refractivity (Wildman–Crippen MR) is 110 cm³/mol. The van der Waals surface area contributed by atoms with Gasteiger partial charge < -0.3 is 25.6 Å². The summed E-state index contributed by atoms with van der Waals surface area (Å²) in [6, 6.07) is 2.03. The number of alkyl halides is 3. The van der Waals surface area contributed by atoms with E-state index in [9.17, 15) is 27.6 Å². The SMILES string of the molecule is CN/C=C\C(=N)C(=O)N1CCOCC1CNC(=O)c1ccc(C(=N)NC(=O)C(F)(F)F)s1. The summed E-state index contributed by atoms with van der Waals surface area (Å²) in [6.07, 6.45) is -2.37. The second-order valence-electron chi connectivity index (χ2n) is 6.46. The van der Waals surface area contributed by atoms with E-state index in [1.807, 2.05) is 0 Å². The van der Waals surface area contributed by atoms with Crippen LogP contribution in [0.3, 0.4) is 0 Å². The van der Waals surface area contributed by atoms with Gasteiger partial charge in [-0.25, -0.2) is 0 Å². The third kappa shape index (κ3) is 6.62. The maximum absolute atomic E-state index is 12.5. The third-order valence-corrected chi connectivity index (χ3v) is 5.31. The van der Waals surface area contributed by atoms with Gasteiger partial charge in [0.2, 0.25) is 0 Å². The van der Waals surface area contributed by atoms with E-state index in [0.29, 0.717) is 6.61 Å². The largest absolute Gasteiger partial charge is 0.471 e. The number of hydrogen-bond donors (Lipinski definition) is 5. The first-order valence-electron chi connectivity index (χ1n) is 9.20. The topological polar surface area (TPSA) is 147 Å². The van der Waals surface area contributed by atoms with E-state index in [4.69, 9.17) is 15.6 Å². The van der Waals surface area contributed by atoms with Crippen molar-refractivity contribution in [2.75, 3.05) is 33.4 Å². The predicted octanol–water partition coefficient (Wildman–Crippen LogP) is 0.462. The van der Waals surface area contributed by atoms with E-state index in [2.05, 4.69) is 10.6 Å². The minimum absolute atomic E-state index is 0.0169. The first-order valence-corrected chi connectivity index (χ1v) is 10.0. The molecular weight excluding hydrogens is 453 g/mol. The highest BCUT2D eigenvalue weighted by molar-refractivity contribution is 7.16. The summed E-state index contributed by atoms with van der Waals surface area (Å²) in [4.78, 5) is 37.3. The van der Waals surface area contributed by atoms with E-state index in [1.165, 1.54) is 34.6 Å². The fourth-order valence-corrected chi connectivity index (χ4v) is 3.45. The number of carbonyl (C=O) groups excluding carboxylic acids is 3. The van der Waals surface area contributed by atoms with Crippen molar-refractivity contribution in [1.29, 1.82) is 10.8 Å². The summed E-state index contributed by atoms with van der Waals surface area (Å²) in [5, 5.41) is 22.1. The van der Waals surface area contributed by atoms with Crippen molar-refractivity contribution in [2.45, 2.75) is 12.2 Å². The number of carbonyl (C=O) groups is 3. The Balaban J connectivity index is 1.97. The zero-order valence-corrected chi connectivity index (χ0v) is 17.7. The number of rotatable bonds is 7. The van der Waals surface area contributed by atoms with Crippen LogP contribution in [0.1, 0.15) is 14.5 Å². The molecule has 1 aromatic heterocycles. The highest BCUT2D eigenvalue weighted by Crippen LogP contribution is 2.19. The van der Waals surface area contributed by atoms with Gasteiger partial charge in [-0.3, -0.25) is 25.2 Å². The summed E-state index contributed by atoms with van der Waals surface area (Å²) in [7, 11) is 1.63. The number of thiophene rings is 1. The molecule has 1 saturated heterocycles. The molecule has 1 aromatic rings. The number of halogens is 3. The quantitative estimate of drug-likeness (QED) is 0.288. The summed E-state index contributed by atoms with van der Waals surface area (Å²) in [6.45, 7) is 0.704. The molecule has 14 heteroatoms. The molecular formula is C18H21F3N6O4S. The summed E-state index contributed by atoms with van der Waals surface area (Å²) >= 11 is 0.729. The van der Waals surface area contributed by atoms with Crippen LogP contribution in [0.15, 0.2) is 24.4 Å². The van der Waals surface area contributed by atoms with Gasteiger partial charge in [0.15, 0.2) is 0 Å². The number of nitrogens with zero attached hydrogens (tertiary/aromatic N) is 1. The van der Waals surface area contributed by atoms with Crippen molar-refractivity contribution in [3.8, 4) is 0 Å². The molecule has 1 fully saturated rings. The Morgan fingerprint density at radius 2 is 1.97 bits per heavy atom. The Labute approximate surface area is 184 Å². The Morgan fingerprint density at radius 3 is 2.62 bits per heavy atom. The van der Waals surface area contributed by atoms with Crippen LogP contribution in [-0.2, 0) is 14.3 Å². The molecule has 0 aromatic carbocycles. The van der Waals surface area contributed by atoms with Gasteiger partial charge in [0.1, 0.15) is 11.5 Å². The van der Waals surface area contributed by atoms with Crippen LogP contribution in [0.25, 0.3) is 0 Å². The van der Waals surface area contributed by atoms with Crippen molar-refractivity contribution in [3.63, 3.8) is 0 Å². The molecule has 10 nitrogen and oxygen atoms in total. The lowest BCUT2D eigenvalue weighted by molar-refractivity contribution is -0.171. The Hall–Kier alpha value is -3.26. The fourth-order valence-electron chi connectivity index (χ4n) is 2.62. The molecule has 1 aliphatic heterocycles. The summed E-state index contributed by atoms with van der Waals surface area (Å²) < 4.78 is 42.3. The van der Waals surface area contributed by atoms with Gasteiger partial charge in [-0.15, -0.1) is 11.3 Å². The average Bonchev–Trinajstić information content (AvgIpc) is 3.25. The zero-order valence-electron chi connectivity index (χ0n) is 16.8. The number of nitrogens with one attached hydrogen (secondary N) is 5. The molecule has 1 unspecified atom stereocenters. The van der Waals surface area contributed by atoms with Gasteiger partial charge in [0, 0.05) is 20.1 Å². The van der Waals surface area contributed by atoms with E-state index < -0.39 is 35.8 Å². The molecule has 5 N–H and O–H groups in total. The Morgan fingerprint density at radius 1 is 1.28 bits per heavy atom. The normalized spacial score (nSPS) is 16.5. The van der Waals surface area contributed by atoms with Gasteiger partial charge in [-0.1, -0.05) is 0 Å². The molecule has 3 amide bonds. The molecule has 32 heavy (non-hydrogen) atoms. The lowest BCUT2D eigenvalue weighted by atomic mass is 10.2. The van der Waals surface area contributed by atoms with Gasteiger partial charge >= 0.3 is 12.1 Å². The van der Waals surface area contributed by atoms with Gasteiger partial charge in [0.25, 0.3) is 11.8 Å². The highest BCUT2D eigenvalue weighted by atomic mass is 32.1. The van der Waals surface area contributed by atoms with Crippen LogP contribution in [0, 0.1) is 10.8 Å². The zero-order chi connectivity index (χ0) is 23.9. The maximum atomic E-state index is 12.5. The molecule has 2 rings (SSSR count). The van der Waals surface area contributed by atoms with Crippen LogP contribution < -0.4 is 16.0 Å². The highest BCUT2D eigenvalue weighted by Gasteiger charge is 2.39. The fraction of sp³-hybridized carbons (Fsp3) is 0.389. The third-order valence-electron chi connectivity index (χ3n) is 4.21. The maximum Gasteiger partial charge on any atom is 0.471 e. The molecule has 0 saturated carbocycles. The van der Waals surface area contributed by atoms with Crippen LogP contribution in [0.2, 0.25) is 0 Å². The van der Waals surface area contributed by atoms with Gasteiger partial charge in [-0.05, 0) is 24.4 Å². The molecule has 0 spiro atoms. The molecule has 174 valence electrons. The van der Waals surface area contributed by atoms with Crippen LogP contribution in [0.5, 0.6) is 0 Å². The molecule has 0 aliphatic carbocycles. The van der Waals surface area contributed by atoms with Crippen molar-refractivity contribution < 1.29 is 32.3 Å². The summed E-state index contributed by atoms with van der Waals surface area (Å²) in [5.41, 5.74) is -0.236. The van der Waals surface area contributed by atoms with Crippen molar-refractivity contribution in [1.82, 2.24) is 20.9 Å². The van der Waals surface area contributed by atoms with Crippen molar-refractivity contribution in [2.24, 2.45) is 0 Å². The number of morpholine rings is 1. The number of ether oxygens (including phenoxy) is 1. The lowest BCUT2D eigenvalue weighted by Gasteiger charge is -2.35. The molecule has 2 heterocycles. The number of amidine groups is 1. The standard InChI is InChI=1S/C18H21F3N6O4S/c1-24-5-4-11(22)16(29)27-6-7-31-9-10(27)8-25-15(28)13-3-2-12(32-13)14(23)26-17(30)18(19,20)21/h2-5,10,22,24H,6-9H2,1H3,(H,25,28)(H2,23,26,30)/b5-4-,22-11?. The minimum atomic E-state index is -5.13. The van der Waals surface area contributed by atoms with Gasteiger partial charge in [0.05, 0.1) is 29.0 Å². The Bertz CT molecular complexity index is 930. The van der Waals surface area contributed by atoms with E-state index >= 15 is 0 Å². The van der Waals surface area contributed by atoms with Crippen LogP contribution in [-0.4, -0.2) is 79.7 Å². The van der Waals surface area contributed by atoms with E-state index in [0.717, 1.165) is 11.3 Å². The monoisotopic (exact) mass is 474 g/mol. The number of amides is 3. The van der Waals surface area contributed by atoms with Crippen molar-refractivity contribution >= 4 is 40.6 Å². The molecule has 1 atom stereocenters. The minimum Gasteiger partial charge on any atom is -0.394 e. The second kappa shape index (κ2) is 10.9. The molecule has 0 radical (unpaired) electrons. The molecule has 0 bridgehead atoms. The van der Waals surface area contributed by atoms with Gasteiger partial charge in [-0.2, -0.15) is 13.2 Å². The average molecular weight is 474 g/mol. The smallest absolute Gasteiger partial charge is 0.394 e. The molecule has 1 aliphatic rings. The second-order valence-corrected chi connectivity index (χ2v) is 7.55. The number of hydrogen-bond acceptors (Lipinski definition) is 8. The van der Waals surface area contributed by atoms with E-state index in [1.54, 1.807) is 7.05 Å². The first-order chi connectivity index (χ1) is 15.0. The summed E-state index contributed by atoms with van der Waals surface area (Å²) in [5.74, 6) is -4.15. The van der Waals surface area contributed by atoms with Crippen LogP contribution >= 0.6 is 11.3 Å². The Kier molecular flexibility index (Phi) is 8.48. The van der Waals surface area contributed by atoms with Crippen molar-refractivity contribution in [3.05, 3.63) is 34.2 Å². The van der Waals surface area contributed by atoms with Crippen LogP contribution in [0.4, 0.5) is 13.2 Å².